The van der Waals surface area contributed by atoms with E-state index in [9.17, 15) is 4.79 Å². The summed E-state index contributed by atoms with van der Waals surface area (Å²) >= 11 is 3.13. The lowest BCUT2D eigenvalue weighted by Crippen LogP contribution is -2.23. The van der Waals surface area contributed by atoms with Crippen LogP contribution in [0.2, 0.25) is 0 Å². The number of para-hydroxylation sites is 1. The zero-order valence-corrected chi connectivity index (χ0v) is 25.2. The molecule has 9 heteroatoms. The second-order valence-electron chi connectivity index (χ2n) is 9.80. The minimum atomic E-state index is -0.197. The maximum atomic E-state index is 13.4. The highest BCUT2D eigenvalue weighted by Gasteiger charge is 2.15. The van der Waals surface area contributed by atoms with Crippen LogP contribution in [0, 0.1) is 0 Å². The lowest BCUT2D eigenvalue weighted by Gasteiger charge is -2.05. The molecule has 6 rings (SSSR count). The molecule has 3 heterocycles. The lowest BCUT2D eigenvalue weighted by molar-refractivity contribution is 0.306. The number of unbranched alkanes of at least 4 members (excludes halogenated alkanes) is 2. The number of thiazole rings is 1. The molecule has 0 fully saturated rings. The fourth-order valence-electron chi connectivity index (χ4n) is 4.65. The van der Waals surface area contributed by atoms with Crippen molar-refractivity contribution in [1.29, 1.82) is 0 Å². The molecule has 42 heavy (non-hydrogen) atoms. The van der Waals surface area contributed by atoms with Crippen molar-refractivity contribution < 1.29 is 4.74 Å². The van der Waals surface area contributed by atoms with Gasteiger partial charge in [0.1, 0.15) is 5.75 Å². The molecule has 6 aromatic rings. The average Bonchev–Trinajstić information content (AvgIpc) is 3.72. The largest absolute Gasteiger partial charge is 0.494 e. The molecular weight excluding hydrogens is 563 g/mol. The Labute approximate surface area is 252 Å². The van der Waals surface area contributed by atoms with Gasteiger partial charge < -0.3 is 4.74 Å². The highest BCUT2D eigenvalue weighted by atomic mass is 32.2. The summed E-state index contributed by atoms with van der Waals surface area (Å²) in [6.07, 6.45) is 7.22. The van der Waals surface area contributed by atoms with Crippen molar-refractivity contribution in [3.8, 4) is 34.1 Å². The van der Waals surface area contributed by atoms with E-state index in [0.717, 1.165) is 58.8 Å². The van der Waals surface area contributed by atoms with E-state index in [1.165, 1.54) is 20.7 Å². The van der Waals surface area contributed by atoms with Gasteiger partial charge >= 0.3 is 0 Å². The van der Waals surface area contributed by atoms with Gasteiger partial charge in [0.25, 0.3) is 5.56 Å². The Morgan fingerprint density at radius 1 is 0.905 bits per heavy atom. The first-order chi connectivity index (χ1) is 20.6. The summed E-state index contributed by atoms with van der Waals surface area (Å²) in [5, 5.41) is 9.46. The van der Waals surface area contributed by atoms with E-state index in [1.807, 2.05) is 71.6 Å². The van der Waals surface area contributed by atoms with Crippen LogP contribution in [0.25, 0.3) is 39.4 Å². The summed E-state index contributed by atoms with van der Waals surface area (Å²) in [5.41, 5.74) is 4.24. The molecule has 0 saturated carbocycles. The van der Waals surface area contributed by atoms with Gasteiger partial charge in [-0.1, -0.05) is 68.4 Å². The number of hydrogen-bond acceptors (Lipinski definition) is 7. The second-order valence-corrected chi connectivity index (χ2v) is 12.1. The third kappa shape index (κ3) is 6.03. The van der Waals surface area contributed by atoms with Crippen molar-refractivity contribution in [1.82, 2.24) is 24.4 Å². The van der Waals surface area contributed by atoms with Crippen LogP contribution in [0.3, 0.4) is 0 Å². The molecule has 0 bridgehead atoms. The predicted octanol–water partition coefficient (Wildman–Crippen LogP) is 6.90. The van der Waals surface area contributed by atoms with E-state index >= 15 is 0 Å². The van der Waals surface area contributed by atoms with Crippen molar-refractivity contribution >= 4 is 34.1 Å². The molecule has 3 aromatic carbocycles. The lowest BCUT2D eigenvalue weighted by atomic mass is 10.1. The third-order valence-corrected chi connectivity index (χ3v) is 8.65. The zero-order valence-electron chi connectivity index (χ0n) is 23.6. The maximum Gasteiger partial charge on any atom is 0.291 e. The Morgan fingerprint density at radius 3 is 2.38 bits per heavy atom. The van der Waals surface area contributed by atoms with Gasteiger partial charge in [0.2, 0.25) is 4.96 Å². The van der Waals surface area contributed by atoms with Gasteiger partial charge in [0, 0.05) is 27.8 Å². The fraction of sp³-hybridized carbons (Fsp3) is 0.212. The van der Waals surface area contributed by atoms with E-state index in [2.05, 4.69) is 48.2 Å². The Kier molecular flexibility index (Phi) is 8.48. The van der Waals surface area contributed by atoms with Gasteiger partial charge in [-0.05, 0) is 66.8 Å². The summed E-state index contributed by atoms with van der Waals surface area (Å²) in [7, 11) is 0. The first-order valence-electron chi connectivity index (χ1n) is 14.2. The summed E-state index contributed by atoms with van der Waals surface area (Å²) in [6.45, 7) is 5.03. The smallest absolute Gasteiger partial charge is 0.291 e. The number of rotatable bonds is 11. The summed E-state index contributed by atoms with van der Waals surface area (Å²) in [5.74, 6) is 2.36. The summed E-state index contributed by atoms with van der Waals surface area (Å²) in [6, 6.07) is 26.1. The minimum Gasteiger partial charge on any atom is -0.494 e. The SMILES string of the molecule is CCCCCOc1ccc(-c2nc3s/c(=C\c4cn(-c5ccccc5)nc4-c4ccc(SCC)cc4)c(=O)n3n2)cc1. The molecule has 0 aliphatic heterocycles. The molecular formula is C33H31N5O2S2. The third-order valence-electron chi connectivity index (χ3n) is 6.80. The van der Waals surface area contributed by atoms with Gasteiger partial charge in [-0.2, -0.15) is 14.6 Å². The zero-order chi connectivity index (χ0) is 28.9. The molecule has 0 spiro atoms. The predicted molar refractivity (Wildman–Crippen MR) is 172 cm³/mol. The van der Waals surface area contributed by atoms with Crippen LogP contribution in [0.4, 0.5) is 0 Å². The molecule has 0 aliphatic carbocycles. The first kappa shape index (κ1) is 27.9. The van der Waals surface area contributed by atoms with Gasteiger partial charge in [-0.3, -0.25) is 4.79 Å². The maximum absolute atomic E-state index is 13.4. The minimum absolute atomic E-state index is 0.197. The Bertz CT molecular complexity index is 1890. The highest BCUT2D eigenvalue weighted by Crippen LogP contribution is 2.27. The standard InChI is InChI=1S/C33H31N5O2S2/c1-3-5-9-20-40-27-16-12-24(13-17-27)31-34-33-38(36-31)32(39)29(42-33)21-25-22-37(26-10-7-6-8-11-26)35-30(25)23-14-18-28(19-15-23)41-4-2/h6-8,10-19,21-22H,3-5,9,20H2,1-2H3/b29-21-. The Hall–Kier alpha value is -4.21. The molecule has 0 amide bonds. The van der Waals surface area contributed by atoms with Crippen molar-refractivity contribution in [3.63, 3.8) is 0 Å². The molecule has 0 radical (unpaired) electrons. The van der Waals surface area contributed by atoms with Crippen LogP contribution in [0.15, 0.2) is 94.7 Å². The molecule has 0 N–H and O–H groups in total. The number of fused-ring (bicyclic) bond motifs is 1. The van der Waals surface area contributed by atoms with Crippen LogP contribution < -0.4 is 14.8 Å². The normalized spacial score (nSPS) is 11.9. The summed E-state index contributed by atoms with van der Waals surface area (Å²) in [4.78, 5) is 19.9. The second kappa shape index (κ2) is 12.8. The van der Waals surface area contributed by atoms with Crippen LogP contribution >= 0.6 is 23.1 Å². The van der Waals surface area contributed by atoms with Crippen molar-refractivity contribution in [2.24, 2.45) is 0 Å². The monoisotopic (exact) mass is 593 g/mol. The molecule has 212 valence electrons. The van der Waals surface area contributed by atoms with E-state index < -0.39 is 0 Å². The number of nitrogens with zero attached hydrogens (tertiary/aromatic N) is 5. The highest BCUT2D eigenvalue weighted by molar-refractivity contribution is 7.99. The topological polar surface area (TPSA) is 74.3 Å². The van der Waals surface area contributed by atoms with E-state index in [-0.39, 0.29) is 5.56 Å². The van der Waals surface area contributed by atoms with Crippen molar-refractivity contribution in [2.45, 2.75) is 38.0 Å². The van der Waals surface area contributed by atoms with Crippen LogP contribution in [0.5, 0.6) is 5.75 Å². The van der Waals surface area contributed by atoms with Crippen molar-refractivity contribution in [2.75, 3.05) is 12.4 Å². The number of ether oxygens (including phenoxy) is 1. The van der Waals surface area contributed by atoms with E-state index in [0.29, 0.717) is 21.9 Å². The summed E-state index contributed by atoms with van der Waals surface area (Å²) < 4.78 is 9.61. The number of thioether (sulfide) groups is 1. The molecule has 7 nitrogen and oxygen atoms in total. The number of benzene rings is 3. The van der Waals surface area contributed by atoms with E-state index in [4.69, 9.17) is 9.84 Å². The molecule has 0 unspecified atom stereocenters. The average molecular weight is 594 g/mol. The van der Waals surface area contributed by atoms with Gasteiger partial charge in [-0.25, -0.2) is 4.68 Å². The molecule has 0 saturated heterocycles. The first-order valence-corrected chi connectivity index (χ1v) is 16.0. The van der Waals surface area contributed by atoms with Gasteiger partial charge in [-0.15, -0.1) is 16.9 Å². The van der Waals surface area contributed by atoms with Crippen LogP contribution in [-0.4, -0.2) is 36.7 Å². The van der Waals surface area contributed by atoms with Gasteiger partial charge in [0.05, 0.1) is 22.5 Å². The van der Waals surface area contributed by atoms with Crippen molar-refractivity contribution in [3.05, 3.63) is 106 Å². The Morgan fingerprint density at radius 2 is 1.67 bits per heavy atom. The van der Waals surface area contributed by atoms with E-state index in [1.54, 1.807) is 11.8 Å². The molecule has 3 aromatic heterocycles. The number of aromatic nitrogens is 5. The molecule has 0 atom stereocenters. The van der Waals surface area contributed by atoms with Crippen LogP contribution in [0.1, 0.15) is 38.7 Å². The Balaban J connectivity index is 1.33. The fourth-order valence-corrected chi connectivity index (χ4v) is 6.21. The quantitative estimate of drug-likeness (QED) is 0.120. The number of hydrogen-bond donors (Lipinski definition) is 0. The van der Waals surface area contributed by atoms with Crippen LogP contribution in [-0.2, 0) is 0 Å². The molecule has 0 aliphatic rings. The van der Waals surface area contributed by atoms with Gasteiger partial charge in [0.15, 0.2) is 5.82 Å².